The molecular formula is C21H13NS. The van der Waals surface area contributed by atoms with Crippen molar-refractivity contribution in [3.8, 4) is 11.3 Å². The molecule has 23 heavy (non-hydrogen) atoms. The first-order valence-electron chi connectivity index (χ1n) is 7.66. The Labute approximate surface area is 137 Å². The number of rotatable bonds is 1. The van der Waals surface area contributed by atoms with Gasteiger partial charge in [0.05, 0.1) is 10.4 Å². The zero-order chi connectivity index (χ0) is 15.2. The van der Waals surface area contributed by atoms with Crippen LogP contribution in [0.1, 0.15) is 0 Å². The number of thiophene rings is 1. The first-order valence-corrected chi connectivity index (χ1v) is 8.48. The van der Waals surface area contributed by atoms with Gasteiger partial charge in [0.1, 0.15) is 0 Å². The summed E-state index contributed by atoms with van der Waals surface area (Å²) in [5.74, 6) is 0. The van der Waals surface area contributed by atoms with E-state index in [0.717, 1.165) is 5.69 Å². The lowest BCUT2D eigenvalue weighted by atomic mass is 10.0. The van der Waals surface area contributed by atoms with Gasteiger partial charge in [-0.05, 0) is 22.9 Å². The summed E-state index contributed by atoms with van der Waals surface area (Å²) in [7, 11) is 0. The van der Waals surface area contributed by atoms with Gasteiger partial charge < -0.3 is 0 Å². The summed E-state index contributed by atoms with van der Waals surface area (Å²) in [5, 5.41) is 5.12. The molecule has 3 aromatic carbocycles. The maximum atomic E-state index is 4.73. The third-order valence-corrected chi connectivity index (χ3v) is 5.53. The molecule has 0 bridgehead atoms. The van der Waals surface area contributed by atoms with Crippen LogP contribution < -0.4 is 0 Å². The molecule has 0 fully saturated rings. The van der Waals surface area contributed by atoms with Gasteiger partial charge in [-0.15, -0.1) is 11.3 Å². The highest BCUT2D eigenvalue weighted by Gasteiger charge is 2.12. The molecule has 2 aromatic heterocycles. The van der Waals surface area contributed by atoms with E-state index in [1.807, 2.05) is 17.5 Å². The largest absolute Gasteiger partial charge is 0.255 e. The molecule has 108 valence electrons. The van der Waals surface area contributed by atoms with Gasteiger partial charge in [0, 0.05) is 27.2 Å². The van der Waals surface area contributed by atoms with Gasteiger partial charge in [-0.3, -0.25) is 4.98 Å². The second-order valence-electron chi connectivity index (χ2n) is 5.66. The van der Waals surface area contributed by atoms with Crippen molar-refractivity contribution in [3.05, 3.63) is 79.0 Å². The first-order chi connectivity index (χ1) is 11.4. The Balaban J connectivity index is 1.93. The third kappa shape index (κ3) is 1.89. The molecule has 2 heterocycles. The maximum Gasteiger partial charge on any atom is 0.0886 e. The quantitative estimate of drug-likeness (QED) is 0.355. The number of nitrogens with zero attached hydrogens (tertiary/aromatic N) is 1. The molecule has 0 saturated heterocycles. The first kappa shape index (κ1) is 12.8. The van der Waals surface area contributed by atoms with Crippen LogP contribution in [0, 0.1) is 0 Å². The molecule has 0 N–H and O–H groups in total. The molecule has 0 atom stereocenters. The average Bonchev–Trinajstić information content (AvgIpc) is 3.00. The molecule has 0 aliphatic heterocycles. The molecule has 2 heteroatoms. The normalized spacial score (nSPS) is 11.5. The van der Waals surface area contributed by atoms with Crippen LogP contribution in [0.5, 0.6) is 0 Å². The number of hydrogen-bond donors (Lipinski definition) is 0. The minimum Gasteiger partial charge on any atom is -0.255 e. The van der Waals surface area contributed by atoms with E-state index >= 15 is 0 Å². The Hall–Kier alpha value is -2.71. The average molecular weight is 311 g/mol. The molecule has 5 aromatic rings. The van der Waals surface area contributed by atoms with Crippen molar-refractivity contribution >= 4 is 42.3 Å². The van der Waals surface area contributed by atoms with Crippen molar-refractivity contribution in [2.24, 2.45) is 0 Å². The molecule has 0 spiro atoms. The summed E-state index contributed by atoms with van der Waals surface area (Å²) in [4.78, 5) is 4.73. The third-order valence-electron chi connectivity index (χ3n) is 4.34. The lowest BCUT2D eigenvalue weighted by Gasteiger charge is -2.07. The van der Waals surface area contributed by atoms with Crippen LogP contribution in [0.15, 0.2) is 79.0 Å². The van der Waals surface area contributed by atoms with Crippen molar-refractivity contribution in [2.75, 3.05) is 0 Å². The monoisotopic (exact) mass is 311 g/mol. The highest BCUT2D eigenvalue weighted by atomic mass is 32.1. The molecule has 0 unspecified atom stereocenters. The van der Waals surface area contributed by atoms with Crippen LogP contribution >= 0.6 is 11.3 Å². The fraction of sp³-hybridized carbons (Fsp3) is 0. The van der Waals surface area contributed by atoms with E-state index in [1.54, 1.807) is 0 Å². The SMILES string of the molecule is c1ccc2c(-c3nccc4c3sc3ccccc34)cccc2c1. The molecular weight excluding hydrogens is 298 g/mol. The predicted octanol–water partition coefficient (Wildman–Crippen LogP) is 6.27. The second-order valence-corrected chi connectivity index (χ2v) is 6.71. The van der Waals surface area contributed by atoms with Crippen LogP contribution in [-0.4, -0.2) is 4.98 Å². The van der Waals surface area contributed by atoms with E-state index in [0.29, 0.717) is 0 Å². The Morgan fingerprint density at radius 3 is 2.39 bits per heavy atom. The van der Waals surface area contributed by atoms with Gasteiger partial charge in [-0.2, -0.15) is 0 Å². The van der Waals surface area contributed by atoms with Crippen LogP contribution in [-0.2, 0) is 0 Å². The van der Waals surface area contributed by atoms with Crippen molar-refractivity contribution in [3.63, 3.8) is 0 Å². The van der Waals surface area contributed by atoms with Crippen LogP contribution in [0.2, 0.25) is 0 Å². The van der Waals surface area contributed by atoms with Gasteiger partial charge in [0.25, 0.3) is 0 Å². The van der Waals surface area contributed by atoms with Crippen LogP contribution in [0.3, 0.4) is 0 Å². The Bertz CT molecular complexity index is 1160. The number of benzene rings is 3. The van der Waals surface area contributed by atoms with Gasteiger partial charge in [0.15, 0.2) is 0 Å². The number of fused-ring (bicyclic) bond motifs is 4. The second kappa shape index (κ2) is 4.90. The lowest BCUT2D eigenvalue weighted by Crippen LogP contribution is -1.85. The number of pyridine rings is 1. The molecule has 0 radical (unpaired) electrons. The zero-order valence-corrected chi connectivity index (χ0v) is 13.2. The van der Waals surface area contributed by atoms with E-state index in [2.05, 4.69) is 72.8 Å². The van der Waals surface area contributed by atoms with E-state index in [1.165, 1.54) is 36.5 Å². The van der Waals surface area contributed by atoms with Gasteiger partial charge in [-0.1, -0.05) is 60.7 Å². The minimum atomic E-state index is 1.08. The van der Waals surface area contributed by atoms with E-state index < -0.39 is 0 Å². The number of aromatic nitrogens is 1. The predicted molar refractivity (Wildman–Crippen MR) is 100 cm³/mol. The molecule has 0 amide bonds. The lowest BCUT2D eigenvalue weighted by molar-refractivity contribution is 1.37. The Morgan fingerprint density at radius 1 is 0.652 bits per heavy atom. The summed E-state index contributed by atoms with van der Waals surface area (Å²) >= 11 is 1.83. The number of hydrogen-bond acceptors (Lipinski definition) is 2. The summed E-state index contributed by atoms with van der Waals surface area (Å²) in [6, 6.07) is 25.7. The van der Waals surface area contributed by atoms with Crippen molar-refractivity contribution in [1.82, 2.24) is 4.98 Å². The zero-order valence-electron chi connectivity index (χ0n) is 12.4. The smallest absolute Gasteiger partial charge is 0.0886 e. The summed E-state index contributed by atoms with van der Waals surface area (Å²) in [6.45, 7) is 0. The fourth-order valence-corrected chi connectivity index (χ4v) is 4.48. The van der Waals surface area contributed by atoms with Crippen molar-refractivity contribution < 1.29 is 0 Å². The minimum absolute atomic E-state index is 1.08. The molecule has 0 aliphatic carbocycles. The van der Waals surface area contributed by atoms with Crippen LogP contribution in [0.25, 0.3) is 42.2 Å². The van der Waals surface area contributed by atoms with Crippen molar-refractivity contribution in [1.29, 1.82) is 0 Å². The molecule has 0 saturated carbocycles. The highest BCUT2D eigenvalue weighted by molar-refractivity contribution is 7.26. The Kier molecular flexibility index (Phi) is 2.73. The fourth-order valence-electron chi connectivity index (χ4n) is 3.28. The van der Waals surface area contributed by atoms with Crippen LogP contribution in [0.4, 0.5) is 0 Å². The Morgan fingerprint density at radius 2 is 1.43 bits per heavy atom. The topological polar surface area (TPSA) is 12.9 Å². The maximum absolute atomic E-state index is 4.73. The summed E-state index contributed by atoms with van der Waals surface area (Å²) in [5.41, 5.74) is 2.29. The van der Waals surface area contributed by atoms with Crippen molar-refractivity contribution in [2.45, 2.75) is 0 Å². The van der Waals surface area contributed by atoms with E-state index in [9.17, 15) is 0 Å². The van der Waals surface area contributed by atoms with Gasteiger partial charge in [0.2, 0.25) is 0 Å². The standard InChI is InChI=1S/C21H13NS/c1-2-8-15-14(6-1)7-5-10-17(15)20-21-18(12-13-22-20)16-9-3-4-11-19(16)23-21/h1-13H. The molecule has 0 aliphatic rings. The van der Waals surface area contributed by atoms with E-state index in [-0.39, 0.29) is 0 Å². The van der Waals surface area contributed by atoms with Gasteiger partial charge >= 0.3 is 0 Å². The molecule has 1 nitrogen and oxygen atoms in total. The highest BCUT2D eigenvalue weighted by Crippen LogP contribution is 2.40. The summed E-state index contributed by atoms with van der Waals surface area (Å²) in [6.07, 6.45) is 1.93. The van der Waals surface area contributed by atoms with Gasteiger partial charge in [-0.25, -0.2) is 0 Å². The van der Waals surface area contributed by atoms with E-state index in [4.69, 9.17) is 4.98 Å². The molecule has 5 rings (SSSR count). The summed E-state index contributed by atoms with van der Waals surface area (Å²) < 4.78 is 2.59.